The zero-order chi connectivity index (χ0) is 23.2. The van der Waals surface area contributed by atoms with Gasteiger partial charge in [0.05, 0.1) is 22.7 Å². The summed E-state index contributed by atoms with van der Waals surface area (Å²) in [5.74, 6) is 0.338. The molecule has 1 heterocycles. The Kier molecular flexibility index (Phi) is 6.85. The Labute approximate surface area is 196 Å². The molecular weight excluding hydrogens is 434 g/mol. The monoisotopic (exact) mass is 457 g/mol. The number of aromatic nitrogens is 3. The Morgan fingerprint density at radius 2 is 1.55 bits per heavy atom. The number of carbonyl (C=O) groups excluding carboxylic acids is 2. The Morgan fingerprint density at radius 3 is 2.33 bits per heavy atom. The molecule has 0 aliphatic carbocycles. The van der Waals surface area contributed by atoms with E-state index in [1.54, 1.807) is 24.3 Å². The van der Waals surface area contributed by atoms with E-state index < -0.39 is 0 Å². The van der Waals surface area contributed by atoms with E-state index in [-0.39, 0.29) is 17.6 Å². The van der Waals surface area contributed by atoms with E-state index in [0.717, 1.165) is 17.1 Å². The molecule has 2 N–H and O–H groups in total. The first kappa shape index (κ1) is 22.3. The van der Waals surface area contributed by atoms with Crippen molar-refractivity contribution in [3.8, 4) is 5.69 Å². The largest absolute Gasteiger partial charge is 0.325 e. The van der Waals surface area contributed by atoms with Crippen molar-refractivity contribution in [2.75, 3.05) is 16.4 Å². The molecule has 1 aromatic heterocycles. The lowest BCUT2D eigenvalue weighted by Crippen LogP contribution is -2.19. The number of nitrogens with one attached hydrogen (secondary N) is 2. The van der Waals surface area contributed by atoms with Crippen molar-refractivity contribution in [2.24, 2.45) is 0 Å². The number of hydrogen-bond acceptors (Lipinski definition) is 5. The van der Waals surface area contributed by atoms with Gasteiger partial charge >= 0.3 is 0 Å². The predicted molar refractivity (Wildman–Crippen MR) is 131 cm³/mol. The van der Waals surface area contributed by atoms with E-state index in [2.05, 4.69) is 20.8 Å². The first-order chi connectivity index (χ1) is 16.0. The van der Waals surface area contributed by atoms with Gasteiger partial charge < -0.3 is 10.6 Å². The molecule has 0 atom stereocenters. The molecule has 3 aromatic carbocycles. The van der Waals surface area contributed by atoms with E-state index in [4.69, 9.17) is 0 Å². The van der Waals surface area contributed by atoms with Gasteiger partial charge in [-0.3, -0.25) is 14.2 Å². The highest BCUT2D eigenvalue weighted by Gasteiger charge is 2.17. The maximum absolute atomic E-state index is 12.7. The van der Waals surface area contributed by atoms with Gasteiger partial charge in [-0.2, -0.15) is 0 Å². The molecule has 0 spiro atoms. The summed E-state index contributed by atoms with van der Waals surface area (Å²) in [5, 5.41) is 14.7. The number of hydrogen-bond donors (Lipinski definition) is 2. The molecule has 0 saturated carbocycles. The van der Waals surface area contributed by atoms with Crippen molar-refractivity contribution >= 4 is 35.0 Å². The van der Waals surface area contributed by atoms with Crippen LogP contribution in [0.15, 0.2) is 84.0 Å². The van der Waals surface area contributed by atoms with Gasteiger partial charge in [0, 0.05) is 5.69 Å². The molecule has 4 rings (SSSR count). The van der Waals surface area contributed by atoms with Gasteiger partial charge in [0.15, 0.2) is 5.16 Å². The minimum atomic E-state index is -0.292. The number of amides is 2. The molecular formula is C25H23N5O2S. The van der Waals surface area contributed by atoms with Crippen LogP contribution in [0.5, 0.6) is 0 Å². The van der Waals surface area contributed by atoms with E-state index in [0.29, 0.717) is 22.1 Å². The third-order valence-corrected chi connectivity index (χ3v) is 5.89. The summed E-state index contributed by atoms with van der Waals surface area (Å²) in [6, 6.07) is 24.1. The summed E-state index contributed by atoms with van der Waals surface area (Å²) in [6.45, 7) is 3.90. The molecule has 33 heavy (non-hydrogen) atoms. The van der Waals surface area contributed by atoms with Crippen LogP contribution in [0.2, 0.25) is 0 Å². The van der Waals surface area contributed by atoms with Crippen LogP contribution in [0.4, 0.5) is 11.4 Å². The molecule has 2 amide bonds. The first-order valence-corrected chi connectivity index (χ1v) is 11.4. The maximum atomic E-state index is 12.7. The van der Waals surface area contributed by atoms with E-state index in [1.165, 1.54) is 11.8 Å². The number of benzene rings is 3. The SMILES string of the molecule is Cc1ccccc1-n1c(C)nnc1SCC(=O)Nc1ccccc1C(=O)Nc1ccccc1. The first-order valence-electron chi connectivity index (χ1n) is 10.4. The second-order valence-corrected chi connectivity index (χ2v) is 8.30. The number of anilines is 2. The average molecular weight is 458 g/mol. The van der Waals surface area contributed by atoms with Crippen LogP contribution >= 0.6 is 11.8 Å². The topological polar surface area (TPSA) is 88.9 Å². The smallest absolute Gasteiger partial charge is 0.257 e. The van der Waals surface area contributed by atoms with Crippen LogP contribution in [0, 0.1) is 13.8 Å². The van der Waals surface area contributed by atoms with Gasteiger partial charge in [0.2, 0.25) is 5.91 Å². The minimum absolute atomic E-state index is 0.124. The standard InChI is InChI=1S/C25H23N5O2S/c1-17-10-6-9-15-22(17)30-18(2)28-29-25(30)33-16-23(31)27-21-14-8-7-13-20(21)24(32)26-19-11-4-3-5-12-19/h3-15H,16H2,1-2H3,(H,26,32)(H,27,31). The fourth-order valence-electron chi connectivity index (χ4n) is 3.35. The van der Waals surface area contributed by atoms with E-state index >= 15 is 0 Å². The van der Waals surface area contributed by atoms with Gasteiger partial charge in [-0.15, -0.1) is 10.2 Å². The van der Waals surface area contributed by atoms with Gasteiger partial charge in [-0.1, -0.05) is 60.3 Å². The number of thioether (sulfide) groups is 1. The Morgan fingerprint density at radius 1 is 0.848 bits per heavy atom. The van der Waals surface area contributed by atoms with Crippen molar-refractivity contribution in [2.45, 2.75) is 19.0 Å². The normalized spacial score (nSPS) is 10.6. The molecule has 4 aromatic rings. The van der Waals surface area contributed by atoms with E-state index in [1.807, 2.05) is 73.0 Å². The highest BCUT2D eigenvalue weighted by atomic mass is 32.2. The van der Waals surface area contributed by atoms with Gasteiger partial charge in [-0.25, -0.2) is 0 Å². The summed E-state index contributed by atoms with van der Waals surface area (Å²) in [6.07, 6.45) is 0. The molecule has 0 bridgehead atoms. The minimum Gasteiger partial charge on any atom is -0.325 e. The molecule has 0 aliphatic heterocycles. The number of carbonyl (C=O) groups is 2. The van der Waals surface area contributed by atoms with E-state index in [9.17, 15) is 9.59 Å². The Hall–Kier alpha value is -3.91. The summed E-state index contributed by atoms with van der Waals surface area (Å²) >= 11 is 1.29. The third-order valence-electron chi connectivity index (χ3n) is 4.96. The Balaban J connectivity index is 1.45. The fourth-order valence-corrected chi connectivity index (χ4v) is 4.14. The molecule has 8 heteroatoms. The number of nitrogens with zero attached hydrogens (tertiary/aromatic N) is 3. The zero-order valence-corrected chi connectivity index (χ0v) is 19.1. The molecule has 0 saturated heterocycles. The van der Waals surface area contributed by atoms with Crippen LogP contribution in [0.1, 0.15) is 21.7 Å². The number of para-hydroxylation sites is 3. The van der Waals surface area contributed by atoms with Crippen molar-refractivity contribution < 1.29 is 9.59 Å². The number of aryl methyl sites for hydroxylation is 2. The van der Waals surface area contributed by atoms with Crippen LogP contribution in [0.3, 0.4) is 0 Å². The Bertz CT molecular complexity index is 1290. The van der Waals surface area contributed by atoms with Gasteiger partial charge in [0.1, 0.15) is 5.82 Å². The zero-order valence-electron chi connectivity index (χ0n) is 18.3. The van der Waals surface area contributed by atoms with Crippen LogP contribution in [-0.4, -0.2) is 32.3 Å². The fraction of sp³-hybridized carbons (Fsp3) is 0.120. The lowest BCUT2D eigenvalue weighted by molar-refractivity contribution is -0.113. The van der Waals surface area contributed by atoms with Gasteiger partial charge in [-0.05, 0) is 49.7 Å². The van der Waals surface area contributed by atoms with Crippen molar-refractivity contribution in [3.63, 3.8) is 0 Å². The molecule has 7 nitrogen and oxygen atoms in total. The molecule has 0 aliphatic rings. The van der Waals surface area contributed by atoms with Gasteiger partial charge in [0.25, 0.3) is 5.91 Å². The maximum Gasteiger partial charge on any atom is 0.257 e. The van der Waals surface area contributed by atoms with Crippen molar-refractivity contribution in [3.05, 3.63) is 95.8 Å². The van der Waals surface area contributed by atoms with Crippen LogP contribution in [0.25, 0.3) is 5.69 Å². The molecule has 0 fully saturated rings. The number of rotatable bonds is 7. The average Bonchev–Trinajstić information content (AvgIpc) is 3.19. The van der Waals surface area contributed by atoms with Crippen molar-refractivity contribution in [1.29, 1.82) is 0 Å². The predicted octanol–water partition coefficient (Wildman–Crippen LogP) is 4.87. The van der Waals surface area contributed by atoms with Crippen molar-refractivity contribution in [1.82, 2.24) is 14.8 Å². The van der Waals surface area contributed by atoms with Crippen LogP contribution < -0.4 is 10.6 Å². The summed E-state index contributed by atoms with van der Waals surface area (Å²) < 4.78 is 1.94. The highest BCUT2D eigenvalue weighted by Crippen LogP contribution is 2.24. The lowest BCUT2D eigenvalue weighted by Gasteiger charge is -2.12. The summed E-state index contributed by atoms with van der Waals surface area (Å²) in [5.41, 5.74) is 3.59. The quantitative estimate of drug-likeness (QED) is 0.387. The third kappa shape index (κ3) is 5.30. The van der Waals surface area contributed by atoms with Crippen LogP contribution in [-0.2, 0) is 4.79 Å². The lowest BCUT2D eigenvalue weighted by atomic mass is 10.1. The summed E-state index contributed by atoms with van der Waals surface area (Å²) in [4.78, 5) is 25.5. The molecule has 0 radical (unpaired) electrons. The highest BCUT2D eigenvalue weighted by molar-refractivity contribution is 7.99. The summed E-state index contributed by atoms with van der Waals surface area (Å²) in [7, 11) is 0. The molecule has 0 unspecified atom stereocenters. The second-order valence-electron chi connectivity index (χ2n) is 7.35. The second kappa shape index (κ2) is 10.1. The molecule has 166 valence electrons.